The standard InChI is InChI=1S/C20H29N3O3/c1-15-9-10-16(23-12-4-8-19(23)24)14-18(15)22-20(25)21-11-5-13-26-17-6-2-3-7-17/h9-10,14,17H,2-8,11-13H2,1H3,(H2,21,22,25). The lowest BCUT2D eigenvalue weighted by atomic mass is 10.1. The summed E-state index contributed by atoms with van der Waals surface area (Å²) >= 11 is 0. The predicted octanol–water partition coefficient (Wildman–Crippen LogP) is 3.59. The van der Waals surface area contributed by atoms with Crippen molar-refractivity contribution in [3.05, 3.63) is 23.8 Å². The highest BCUT2D eigenvalue weighted by Gasteiger charge is 2.22. The van der Waals surface area contributed by atoms with Crippen LogP contribution in [0.25, 0.3) is 0 Å². The summed E-state index contributed by atoms with van der Waals surface area (Å²) in [7, 11) is 0. The molecule has 0 atom stereocenters. The molecule has 1 heterocycles. The van der Waals surface area contributed by atoms with Crippen LogP contribution in [0.2, 0.25) is 0 Å². The highest BCUT2D eigenvalue weighted by atomic mass is 16.5. The Bertz CT molecular complexity index is 641. The third-order valence-electron chi connectivity index (χ3n) is 5.12. The number of carbonyl (C=O) groups excluding carboxylic acids is 2. The first-order chi connectivity index (χ1) is 12.6. The van der Waals surface area contributed by atoms with Crippen molar-refractivity contribution in [2.45, 2.75) is 58.0 Å². The second-order valence-corrected chi connectivity index (χ2v) is 7.16. The Morgan fingerprint density at radius 3 is 2.81 bits per heavy atom. The molecule has 3 rings (SSSR count). The highest BCUT2D eigenvalue weighted by molar-refractivity contribution is 5.97. The van der Waals surface area contributed by atoms with Crippen molar-refractivity contribution in [1.29, 1.82) is 0 Å². The van der Waals surface area contributed by atoms with Crippen LogP contribution in [0, 0.1) is 6.92 Å². The van der Waals surface area contributed by atoms with Gasteiger partial charge in [0, 0.05) is 37.5 Å². The lowest BCUT2D eigenvalue weighted by Crippen LogP contribution is -2.31. The number of anilines is 2. The van der Waals surface area contributed by atoms with Crippen LogP contribution >= 0.6 is 0 Å². The molecule has 6 nitrogen and oxygen atoms in total. The van der Waals surface area contributed by atoms with Crippen molar-refractivity contribution < 1.29 is 14.3 Å². The van der Waals surface area contributed by atoms with Crippen LogP contribution in [0.3, 0.4) is 0 Å². The minimum atomic E-state index is -0.223. The summed E-state index contributed by atoms with van der Waals surface area (Å²) in [6.07, 6.45) is 7.60. The molecule has 2 aliphatic rings. The Balaban J connectivity index is 1.43. The molecule has 0 aromatic heterocycles. The first-order valence-corrected chi connectivity index (χ1v) is 9.71. The molecular formula is C20H29N3O3. The average molecular weight is 359 g/mol. The van der Waals surface area contributed by atoms with Crippen molar-refractivity contribution in [3.8, 4) is 0 Å². The van der Waals surface area contributed by atoms with Crippen molar-refractivity contribution in [1.82, 2.24) is 5.32 Å². The monoisotopic (exact) mass is 359 g/mol. The zero-order chi connectivity index (χ0) is 18.4. The summed E-state index contributed by atoms with van der Waals surface area (Å²) in [5, 5.41) is 5.76. The number of benzene rings is 1. The number of nitrogens with zero attached hydrogens (tertiary/aromatic N) is 1. The summed E-state index contributed by atoms with van der Waals surface area (Å²) in [4.78, 5) is 25.8. The maximum atomic E-state index is 12.1. The number of hydrogen-bond donors (Lipinski definition) is 2. The minimum absolute atomic E-state index is 0.145. The zero-order valence-corrected chi connectivity index (χ0v) is 15.6. The largest absolute Gasteiger partial charge is 0.378 e. The third kappa shape index (κ3) is 4.97. The van der Waals surface area contributed by atoms with Gasteiger partial charge in [-0.25, -0.2) is 4.79 Å². The molecule has 26 heavy (non-hydrogen) atoms. The summed E-state index contributed by atoms with van der Waals surface area (Å²) in [6, 6.07) is 5.52. The van der Waals surface area contributed by atoms with E-state index in [4.69, 9.17) is 4.74 Å². The molecule has 1 aliphatic carbocycles. The number of carbonyl (C=O) groups is 2. The van der Waals surface area contributed by atoms with E-state index in [1.165, 1.54) is 25.7 Å². The van der Waals surface area contributed by atoms with Crippen LogP contribution in [0.15, 0.2) is 18.2 Å². The summed E-state index contributed by atoms with van der Waals surface area (Å²) in [6.45, 7) is 3.97. The Kier molecular flexibility index (Phi) is 6.50. The molecule has 1 aromatic carbocycles. The second-order valence-electron chi connectivity index (χ2n) is 7.16. The van der Waals surface area contributed by atoms with Crippen molar-refractivity contribution in [2.24, 2.45) is 0 Å². The molecular weight excluding hydrogens is 330 g/mol. The fraction of sp³-hybridized carbons (Fsp3) is 0.600. The molecule has 0 spiro atoms. The topological polar surface area (TPSA) is 70.7 Å². The molecule has 0 unspecified atom stereocenters. The molecule has 2 fully saturated rings. The Labute approximate surface area is 155 Å². The highest BCUT2D eigenvalue weighted by Crippen LogP contribution is 2.26. The number of nitrogens with one attached hydrogen (secondary N) is 2. The van der Waals surface area contributed by atoms with E-state index in [0.29, 0.717) is 25.7 Å². The van der Waals surface area contributed by atoms with E-state index >= 15 is 0 Å². The molecule has 0 radical (unpaired) electrons. The van der Waals surface area contributed by atoms with Gasteiger partial charge in [0.25, 0.3) is 0 Å². The second kappa shape index (κ2) is 9.03. The van der Waals surface area contributed by atoms with Gasteiger partial charge in [0.2, 0.25) is 5.91 Å². The Morgan fingerprint density at radius 2 is 2.08 bits per heavy atom. The predicted molar refractivity (Wildman–Crippen MR) is 103 cm³/mol. The minimum Gasteiger partial charge on any atom is -0.378 e. The van der Waals surface area contributed by atoms with Gasteiger partial charge in [0.1, 0.15) is 0 Å². The maximum absolute atomic E-state index is 12.1. The average Bonchev–Trinajstić information content (AvgIpc) is 3.28. The fourth-order valence-electron chi connectivity index (χ4n) is 3.58. The molecule has 6 heteroatoms. The Morgan fingerprint density at radius 1 is 1.27 bits per heavy atom. The number of aryl methyl sites for hydroxylation is 1. The number of hydrogen-bond acceptors (Lipinski definition) is 3. The van der Waals surface area contributed by atoms with Crippen LogP contribution in [-0.4, -0.2) is 37.7 Å². The SMILES string of the molecule is Cc1ccc(N2CCCC2=O)cc1NC(=O)NCCCOC1CCCC1. The molecule has 0 bridgehead atoms. The van der Waals surface area contributed by atoms with E-state index in [1.54, 1.807) is 4.90 Å². The van der Waals surface area contributed by atoms with Gasteiger partial charge in [-0.05, 0) is 50.3 Å². The van der Waals surface area contributed by atoms with Crippen LogP contribution in [0.5, 0.6) is 0 Å². The van der Waals surface area contributed by atoms with Crippen molar-refractivity contribution in [2.75, 3.05) is 29.9 Å². The van der Waals surface area contributed by atoms with E-state index in [1.807, 2.05) is 25.1 Å². The summed E-state index contributed by atoms with van der Waals surface area (Å²) < 4.78 is 5.80. The van der Waals surface area contributed by atoms with Gasteiger partial charge < -0.3 is 20.3 Å². The molecule has 1 saturated carbocycles. The molecule has 1 aliphatic heterocycles. The lowest BCUT2D eigenvalue weighted by Gasteiger charge is -2.18. The van der Waals surface area contributed by atoms with Crippen LogP contribution in [0.4, 0.5) is 16.2 Å². The van der Waals surface area contributed by atoms with Gasteiger partial charge in [-0.2, -0.15) is 0 Å². The van der Waals surface area contributed by atoms with Crippen LogP contribution < -0.4 is 15.5 Å². The van der Waals surface area contributed by atoms with E-state index in [0.717, 1.165) is 36.3 Å². The normalized spacial score (nSPS) is 17.7. The molecule has 1 aromatic rings. The smallest absolute Gasteiger partial charge is 0.319 e. The van der Waals surface area contributed by atoms with Gasteiger partial charge in [0.15, 0.2) is 0 Å². The lowest BCUT2D eigenvalue weighted by molar-refractivity contribution is -0.117. The first-order valence-electron chi connectivity index (χ1n) is 9.71. The van der Waals surface area contributed by atoms with Crippen LogP contribution in [-0.2, 0) is 9.53 Å². The van der Waals surface area contributed by atoms with E-state index in [2.05, 4.69) is 10.6 Å². The maximum Gasteiger partial charge on any atom is 0.319 e. The van der Waals surface area contributed by atoms with Gasteiger partial charge in [-0.15, -0.1) is 0 Å². The Hall–Kier alpha value is -2.08. The summed E-state index contributed by atoms with van der Waals surface area (Å²) in [5.41, 5.74) is 2.56. The van der Waals surface area contributed by atoms with E-state index in [9.17, 15) is 9.59 Å². The third-order valence-corrected chi connectivity index (χ3v) is 5.12. The van der Waals surface area contributed by atoms with Gasteiger partial charge in [-0.3, -0.25) is 4.79 Å². The van der Waals surface area contributed by atoms with E-state index in [-0.39, 0.29) is 11.9 Å². The number of urea groups is 1. The fourth-order valence-corrected chi connectivity index (χ4v) is 3.58. The molecule has 3 amide bonds. The summed E-state index contributed by atoms with van der Waals surface area (Å²) in [5.74, 6) is 0.145. The van der Waals surface area contributed by atoms with E-state index < -0.39 is 0 Å². The molecule has 2 N–H and O–H groups in total. The van der Waals surface area contributed by atoms with Gasteiger partial charge in [-0.1, -0.05) is 18.9 Å². The first kappa shape index (κ1) is 18.7. The quantitative estimate of drug-likeness (QED) is 0.731. The number of ether oxygens (including phenoxy) is 1. The van der Waals surface area contributed by atoms with Gasteiger partial charge >= 0.3 is 6.03 Å². The molecule has 142 valence electrons. The zero-order valence-electron chi connectivity index (χ0n) is 15.6. The van der Waals surface area contributed by atoms with Crippen LogP contribution in [0.1, 0.15) is 50.5 Å². The van der Waals surface area contributed by atoms with Crippen molar-refractivity contribution in [3.63, 3.8) is 0 Å². The van der Waals surface area contributed by atoms with Gasteiger partial charge in [0.05, 0.1) is 6.10 Å². The molecule has 1 saturated heterocycles. The number of amides is 3. The van der Waals surface area contributed by atoms with Crippen molar-refractivity contribution >= 4 is 23.3 Å². The number of rotatable bonds is 7.